The molecule has 0 bridgehead atoms. The Morgan fingerprint density at radius 2 is 1.33 bits per heavy atom. The minimum Gasteiger partial charge on any atom is -0.426 e. The van der Waals surface area contributed by atoms with Crippen molar-refractivity contribution in [3.63, 3.8) is 0 Å². The highest BCUT2D eigenvalue weighted by molar-refractivity contribution is 5.74. The van der Waals surface area contributed by atoms with E-state index in [2.05, 4.69) is 5.32 Å². The average Bonchev–Trinajstić information content (AvgIpc) is 2.63. The van der Waals surface area contributed by atoms with Crippen LogP contribution < -0.4 is 10.1 Å². The van der Waals surface area contributed by atoms with E-state index in [1.54, 1.807) is 12.1 Å². The lowest BCUT2D eigenvalue weighted by molar-refractivity contribution is -0.134. The lowest BCUT2D eigenvalue weighted by Crippen LogP contribution is -2.19. The van der Waals surface area contributed by atoms with Crippen molar-refractivity contribution in [3.05, 3.63) is 96.6 Å². The maximum Gasteiger partial charge on any atom is 0.313 e. The van der Waals surface area contributed by atoms with Gasteiger partial charge in [0.05, 0.1) is 12.5 Å². The highest BCUT2D eigenvalue weighted by atomic mass is 16.5. The summed E-state index contributed by atoms with van der Waals surface area (Å²) in [6.45, 7) is 0. The van der Waals surface area contributed by atoms with Crippen LogP contribution in [0.4, 0.5) is 5.69 Å². The van der Waals surface area contributed by atoms with E-state index in [1.807, 2.05) is 78.9 Å². The predicted octanol–water partition coefficient (Wildman–Crippen LogP) is 4.84. The van der Waals surface area contributed by atoms with Gasteiger partial charge in [-0.05, 0) is 29.8 Å². The van der Waals surface area contributed by atoms with Gasteiger partial charge in [-0.15, -0.1) is 0 Å². The molecule has 3 nitrogen and oxygen atoms in total. The molecule has 3 rings (SSSR count). The van der Waals surface area contributed by atoms with Crippen LogP contribution in [0.25, 0.3) is 0 Å². The number of nitrogens with one attached hydrogen (secondary N) is 1. The van der Waals surface area contributed by atoms with Gasteiger partial charge in [-0.2, -0.15) is 0 Å². The van der Waals surface area contributed by atoms with E-state index in [9.17, 15) is 4.79 Å². The molecule has 3 heteroatoms. The van der Waals surface area contributed by atoms with E-state index < -0.39 is 0 Å². The van der Waals surface area contributed by atoms with Gasteiger partial charge in [0.1, 0.15) is 5.75 Å². The molecule has 0 heterocycles. The fraction of sp³-hybridized carbons (Fsp3) is 0.0952. The summed E-state index contributed by atoms with van der Waals surface area (Å²) < 4.78 is 5.43. The van der Waals surface area contributed by atoms with Crippen LogP contribution in [-0.4, -0.2) is 5.97 Å². The normalized spacial score (nSPS) is 11.5. The molecule has 120 valence electrons. The summed E-state index contributed by atoms with van der Waals surface area (Å²) >= 11 is 0. The molecule has 0 aliphatic rings. The molecule has 0 fully saturated rings. The fourth-order valence-electron chi connectivity index (χ4n) is 2.50. The summed E-state index contributed by atoms with van der Waals surface area (Å²) in [6.07, 6.45) is 0.244. The Labute approximate surface area is 141 Å². The first-order valence-electron chi connectivity index (χ1n) is 7.93. The van der Waals surface area contributed by atoms with Crippen molar-refractivity contribution >= 4 is 11.7 Å². The number of carbonyl (C=O) groups excluding carboxylic acids is 1. The Bertz CT molecular complexity index is 758. The van der Waals surface area contributed by atoms with Gasteiger partial charge in [-0.1, -0.05) is 66.7 Å². The topological polar surface area (TPSA) is 38.3 Å². The van der Waals surface area contributed by atoms with Gasteiger partial charge in [0, 0.05) is 5.69 Å². The zero-order valence-electron chi connectivity index (χ0n) is 13.3. The standard InChI is InChI=1S/C21H19NO2/c23-21(24-19-14-8-3-9-15-19)16-20(17-10-4-1-5-11-17)22-18-12-6-2-7-13-18/h1-15,20,22H,16H2. The van der Waals surface area contributed by atoms with Gasteiger partial charge >= 0.3 is 5.97 Å². The second kappa shape index (κ2) is 7.97. The number of benzene rings is 3. The number of carbonyl (C=O) groups is 1. The zero-order valence-corrected chi connectivity index (χ0v) is 13.3. The van der Waals surface area contributed by atoms with Crippen LogP contribution in [0.3, 0.4) is 0 Å². The number of rotatable bonds is 6. The molecule has 0 saturated carbocycles. The van der Waals surface area contributed by atoms with E-state index in [0.29, 0.717) is 5.75 Å². The second-order valence-electron chi connectivity index (χ2n) is 5.46. The summed E-state index contributed by atoms with van der Waals surface area (Å²) in [5, 5.41) is 3.41. The number of hydrogen-bond acceptors (Lipinski definition) is 3. The molecule has 0 aromatic heterocycles. The molecule has 0 aliphatic carbocycles. The van der Waals surface area contributed by atoms with Gasteiger partial charge in [-0.25, -0.2) is 0 Å². The van der Waals surface area contributed by atoms with Crippen LogP contribution >= 0.6 is 0 Å². The highest BCUT2D eigenvalue weighted by Crippen LogP contribution is 2.23. The molecular weight excluding hydrogens is 298 g/mol. The molecule has 0 spiro atoms. The van der Waals surface area contributed by atoms with E-state index in [1.165, 1.54) is 0 Å². The van der Waals surface area contributed by atoms with Crippen LogP contribution in [0.15, 0.2) is 91.0 Å². The van der Waals surface area contributed by atoms with Crippen LogP contribution in [0.5, 0.6) is 5.75 Å². The second-order valence-corrected chi connectivity index (χ2v) is 5.46. The third-order valence-electron chi connectivity index (χ3n) is 3.66. The fourth-order valence-corrected chi connectivity index (χ4v) is 2.50. The first-order valence-corrected chi connectivity index (χ1v) is 7.93. The molecule has 0 amide bonds. The van der Waals surface area contributed by atoms with Crippen LogP contribution in [0.1, 0.15) is 18.0 Å². The van der Waals surface area contributed by atoms with E-state index in [-0.39, 0.29) is 18.4 Å². The zero-order chi connectivity index (χ0) is 16.6. The smallest absolute Gasteiger partial charge is 0.313 e. The largest absolute Gasteiger partial charge is 0.426 e. The SMILES string of the molecule is O=C(CC(Nc1ccccc1)c1ccccc1)Oc1ccccc1. The minimum atomic E-state index is -0.265. The number of hydrogen-bond donors (Lipinski definition) is 1. The van der Waals surface area contributed by atoms with Crippen molar-refractivity contribution in [2.24, 2.45) is 0 Å². The van der Waals surface area contributed by atoms with Crippen molar-refractivity contribution in [1.82, 2.24) is 0 Å². The Balaban J connectivity index is 1.73. The Hall–Kier alpha value is -3.07. The number of para-hydroxylation sites is 2. The van der Waals surface area contributed by atoms with Crippen molar-refractivity contribution in [3.8, 4) is 5.75 Å². The molecule has 0 saturated heterocycles. The third-order valence-corrected chi connectivity index (χ3v) is 3.66. The Kier molecular flexibility index (Phi) is 5.25. The average molecular weight is 317 g/mol. The van der Waals surface area contributed by atoms with E-state index in [4.69, 9.17) is 4.74 Å². The summed E-state index contributed by atoms with van der Waals surface area (Å²) in [4.78, 5) is 12.3. The lowest BCUT2D eigenvalue weighted by atomic mass is 10.0. The number of esters is 1. The predicted molar refractivity (Wildman–Crippen MR) is 95.9 cm³/mol. The number of anilines is 1. The molecule has 3 aromatic carbocycles. The molecule has 1 atom stereocenters. The van der Waals surface area contributed by atoms with Crippen molar-refractivity contribution in [1.29, 1.82) is 0 Å². The van der Waals surface area contributed by atoms with Gasteiger partial charge in [-0.3, -0.25) is 4.79 Å². The summed E-state index contributed by atoms with van der Waals surface area (Å²) in [7, 11) is 0. The summed E-state index contributed by atoms with van der Waals surface area (Å²) in [5.41, 5.74) is 2.02. The number of ether oxygens (including phenoxy) is 1. The van der Waals surface area contributed by atoms with Crippen LogP contribution in [0.2, 0.25) is 0 Å². The molecule has 0 aliphatic heterocycles. The maximum absolute atomic E-state index is 12.3. The maximum atomic E-state index is 12.3. The molecule has 24 heavy (non-hydrogen) atoms. The van der Waals surface area contributed by atoms with Crippen LogP contribution in [0, 0.1) is 0 Å². The van der Waals surface area contributed by atoms with Crippen molar-refractivity contribution in [2.75, 3.05) is 5.32 Å². The summed E-state index contributed by atoms with van der Waals surface area (Å²) in [5.74, 6) is 0.299. The Morgan fingerprint density at radius 1 is 0.792 bits per heavy atom. The van der Waals surface area contributed by atoms with E-state index in [0.717, 1.165) is 11.3 Å². The lowest BCUT2D eigenvalue weighted by Gasteiger charge is -2.19. The van der Waals surface area contributed by atoms with Gasteiger partial charge < -0.3 is 10.1 Å². The molecule has 0 radical (unpaired) electrons. The molecular formula is C21H19NO2. The molecule has 3 aromatic rings. The van der Waals surface area contributed by atoms with Gasteiger partial charge in [0.2, 0.25) is 0 Å². The van der Waals surface area contributed by atoms with Gasteiger partial charge in [0.15, 0.2) is 0 Å². The summed E-state index contributed by atoms with van der Waals surface area (Å²) in [6, 6.07) is 28.8. The monoisotopic (exact) mass is 317 g/mol. The highest BCUT2D eigenvalue weighted by Gasteiger charge is 2.17. The van der Waals surface area contributed by atoms with E-state index >= 15 is 0 Å². The first-order chi connectivity index (χ1) is 11.8. The van der Waals surface area contributed by atoms with Gasteiger partial charge in [0.25, 0.3) is 0 Å². The molecule has 1 N–H and O–H groups in total. The van der Waals surface area contributed by atoms with Crippen molar-refractivity contribution in [2.45, 2.75) is 12.5 Å². The Morgan fingerprint density at radius 3 is 1.96 bits per heavy atom. The third kappa shape index (κ3) is 4.46. The first kappa shape index (κ1) is 15.8. The molecule has 1 unspecified atom stereocenters. The minimum absolute atomic E-state index is 0.148. The van der Waals surface area contributed by atoms with Crippen molar-refractivity contribution < 1.29 is 9.53 Å². The quantitative estimate of drug-likeness (QED) is 0.522. The van der Waals surface area contributed by atoms with Crippen LogP contribution in [-0.2, 0) is 4.79 Å².